The molecule has 0 saturated carbocycles. The highest BCUT2D eigenvalue weighted by molar-refractivity contribution is 6.14. The average Bonchev–Trinajstić information content (AvgIpc) is 3.71. The number of aromatic nitrogens is 4. The van der Waals surface area contributed by atoms with Gasteiger partial charge in [0.1, 0.15) is 23.6 Å². The zero-order chi connectivity index (χ0) is 24.8. The molecule has 0 N–H and O–H groups in total. The molecule has 0 aliphatic carbocycles. The summed E-state index contributed by atoms with van der Waals surface area (Å²) in [5.41, 5.74) is 4.88. The predicted molar refractivity (Wildman–Crippen MR) is 149 cm³/mol. The van der Waals surface area contributed by atoms with Crippen LogP contribution in [-0.4, -0.2) is 19.1 Å². The Kier molecular flexibility index (Phi) is 3.81. The number of hydrogen-bond acceptors (Lipinski definition) is 4. The van der Waals surface area contributed by atoms with Crippen LogP contribution in [0.5, 0.6) is 0 Å². The highest BCUT2D eigenvalue weighted by Crippen LogP contribution is 2.38. The Morgan fingerprint density at radius 2 is 1.16 bits per heavy atom. The van der Waals surface area contributed by atoms with Crippen LogP contribution < -0.4 is 21.2 Å². The molecule has 4 aromatic heterocycles. The van der Waals surface area contributed by atoms with Gasteiger partial charge in [0.2, 0.25) is 0 Å². The minimum absolute atomic E-state index is 0.164. The van der Waals surface area contributed by atoms with Gasteiger partial charge in [-0.3, -0.25) is 24.1 Å². The van der Waals surface area contributed by atoms with Gasteiger partial charge in [-0.1, -0.05) is 54.6 Å². The van der Waals surface area contributed by atoms with Crippen LogP contribution in [0, 0.1) is 0 Å². The second-order valence-electron chi connectivity index (χ2n) is 9.90. The second kappa shape index (κ2) is 7.23. The Hall–Kier alpha value is -5.10. The van der Waals surface area contributed by atoms with E-state index in [0.717, 1.165) is 65.2 Å². The van der Waals surface area contributed by atoms with E-state index < -0.39 is 0 Å². The highest BCUT2D eigenvalue weighted by atomic mass is 15.2. The SMILES string of the molecule is C1=c2ccccc2=NC1n1c2ccccc2c2cc3c4ncccc4n(C4C=c5ccccc5=N4)c3nc21. The van der Waals surface area contributed by atoms with E-state index in [2.05, 4.69) is 94.1 Å². The maximum absolute atomic E-state index is 5.39. The monoisotopic (exact) mass is 488 g/mol. The van der Waals surface area contributed by atoms with Crippen LogP contribution in [-0.2, 0) is 0 Å². The first-order valence-corrected chi connectivity index (χ1v) is 12.8. The van der Waals surface area contributed by atoms with E-state index in [1.165, 1.54) is 0 Å². The van der Waals surface area contributed by atoms with Gasteiger partial charge in [-0.25, -0.2) is 4.98 Å². The highest BCUT2D eigenvalue weighted by Gasteiger charge is 2.24. The van der Waals surface area contributed by atoms with Gasteiger partial charge in [0.05, 0.1) is 27.3 Å². The predicted octanol–water partition coefficient (Wildman–Crippen LogP) is 3.92. The van der Waals surface area contributed by atoms with Crippen LogP contribution in [0.25, 0.3) is 56.2 Å². The van der Waals surface area contributed by atoms with E-state index in [9.17, 15) is 0 Å². The van der Waals surface area contributed by atoms with Gasteiger partial charge in [0.15, 0.2) is 0 Å². The molecule has 0 fully saturated rings. The van der Waals surface area contributed by atoms with Gasteiger partial charge >= 0.3 is 0 Å². The van der Waals surface area contributed by atoms with E-state index in [-0.39, 0.29) is 12.3 Å². The molecule has 2 aliphatic rings. The third-order valence-electron chi connectivity index (χ3n) is 7.80. The van der Waals surface area contributed by atoms with Crippen molar-refractivity contribution in [2.24, 2.45) is 9.98 Å². The van der Waals surface area contributed by atoms with Crippen molar-refractivity contribution >= 4 is 56.2 Å². The van der Waals surface area contributed by atoms with Crippen molar-refractivity contribution in [2.75, 3.05) is 0 Å². The van der Waals surface area contributed by atoms with Crippen molar-refractivity contribution in [3.05, 3.63) is 118 Å². The summed E-state index contributed by atoms with van der Waals surface area (Å²) in [4.78, 5) is 20.3. The Labute approximate surface area is 215 Å². The van der Waals surface area contributed by atoms with Crippen molar-refractivity contribution in [1.82, 2.24) is 19.1 Å². The van der Waals surface area contributed by atoms with E-state index in [4.69, 9.17) is 20.0 Å². The molecule has 0 bridgehead atoms. The Morgan fingerprint density at radius 1 is 0.553 bits per heavy atom. The normalized spacial score (nSPS) is 17.8. The first kappa shape index (κ1) is 20.0. The van der Waals surface area contributed by atoms with Gasteiger partial charge < -0.3 is 0 Å². The van der Waals surface area contributed by atoms with Gasteiger partial charge in [-0.15, -0.1) is 0 Å². The smallest absolute Gasteiger partial charge is 0.147 e. The summed E-state index contributed by atoms with van der Waals surface area (Å²) in [5, 5.41) is 7.62. The zero-order valence-corrected chi connectivity index (χ0v) is 20.2. The molecule has 6 nitrogen and oxygen atoms in total. The van der Waals surface area contributed by atoms with Crippen molar-refractivity contribution in [3.63, 3.8) is 0 Å². The van der Waals surface area contributed by atoms with Crippen molar-refractivity contribution in [1.29, 1.82) is 0 Å². The number of fused-ring (bicyclic) bond motifs is 8. The molecule has 2 unspecified atom stereocenters. The fraction of sp³-hybridized carbons (Fsp3) is 0.0625. The topological polar surface area (TPSA) is 60.4 Å². The minimum Gasteiger partial charge on any atom is -0.299 e. The third-order valence-corrected chi connectivity index (χ3v) is 7.80. The molecule has 2 atom stereocenters. The molecule has 38 heavy (non-hydrogen) atoms. The molecule has 0 saturated heterocycles. The van der Waals surface area contributed by atoms with Gasteiger partial charge in [-0.05, 0) is 59.0 Å². The first-order chi connectivity index (χ1) is 18.8. The summed E-state index contributed by atoms with van der Waals surface area (Å²) < 4.78 is 4.49. The van der Waals surface area contributed by atoms with E-state index >= 15 is 0 Å². The van der Waals surface area contributed by atoms with Crippen molar-refractivity contribution in [2.45, 2.75) is 12.3 Å². The molecular formula is C32H20N6. The fourth-order valence-electron chi connectivity index (χ4n) is 6.15. The molecule has 6 heterocycles. The third kappa shape index (κ3) is 2.61. The summed E-state index contributed by atoms with van der Waals surface area (Å²) in [7, 11) is 0. The fourth-order valence-corrected chi connectivity index (χ4v) is 6.15. The number of benzene rings is 3. The standard InChI is InChI=1S/C32H20N6/c1-4-11-24-19(8-1)16-28(34-24)37-26-13-6-3-10-21(26)22-18-23-30-27(14-7-15-33-30)38(32(23)36-31(22)37)29-17-20-9-2-5-12-25(20)35-29/h1-18,28-29H. The van der Waals surface area contributed by atoms with Gasteiger partial charge in [-0.2, -0.15) is 0 Å². The molecular weight excluding hydrogens is 468 g/mol. The van der Waals surface area contributed by atoms with Gasteiger partial charge in [0.25, 0.3) is 0 Å². The quantitative estimate of drug-likeness (QED) is 0.370. The molecule has 0 spiro atoms. The van der Waals surface area contributed by atoms with Crippen LogP contribution in [0.3, 0.4) is 0 Å². The number of nitrogens with zero attached hydrogens (tertiary/aromatic N) is 6. The minimum atomic E-state index is -0.189. The van der Waals surface area contributed by atoms with Crippen molar-refractivity contribution < 1.29 is 0 Å². The average molecular weight is 489 g/mol. The summed E-state index contributed by atoms with van der Waals surface area (Å²) in [6, 6.07) is 31.4. The largest absolute Gasteiger partial charge is 0.299 e. The summed E-state index contributed by atoms with van der Waals surface area (Å²) >= 11 is 0. The maximum atomic E-state index is 5.39. The lowest BCUT2D eigenvalue weighted by molar-refractivity contribution is 0.690. The molecule has 0 amide bonds. The number of para-hydroxylation sites is 3. The summed E-state index contributed by atoms with van der Waals surface area (Å²) in [6.07, 6.45) is 5.93. The van der Waals surface area contributed by atoms with E-state index in [0.29, 0.717) is 0 Å². The van der Waals surface area contributed by atoms with E-state index in [1.807, 2.05) is 24.4 Å². The lowest BCUT2D eigenvalue weighted by atomic mass is 10.1. The Bertz CT molecular complexity index is 2140. The molecule has 2 aliphatic heterocycles. The Balaban J connectivity index is 1.41. The first-order valence-electron chi connectivity index (χ1n) is 12.8. The molecule has 3 aromatic carbocycles. The molecule has 7 aromatic rings. The summed E-state index contributed by atoms with van der Waals surface area (Å²) in [5.74, 6) is 0. The van der Waals surface area contributed by atoms with E-state index in [1.54, 1.807) is 0 Å². The lowest BCUT2D eigenvalue weighted by Gasteiger charge is -2.13. The van der Waals surface area contributed by atoms with Crippen LogP contribution in [0.1, 0.15) is 12.3 Å². The molecule has 9 rings (SSSR count). The number of pyridine rings is 2. The van der Waals surface area contributed by atoms with Crippen LogP contribution in [0.2, 0.25) is 0 Å². The van der Waals surface area contributed by atoms with Crippen LogP contribution in [0.4, 0.5) is 0 Å². The van der Waals surface area contributed by atoms with Gasteiger partial charge in [0, 0.05) is 22.4 Å². The number of hydrogen-bond donors (Lipinski definition) is 0. The summed E-state index contributed by atoms with van der Waals surface area (Å²) in [6.45, 7) is 0. The van der Waals surface area contributed by atoms with Crippen molar-refractivity contribution in [3.8, 4) is 0 Å². The molecule has 0 radical (unpaired) electrons. The van der Waals surface area contributed by atoms with Crippen LogP contribution >= 0.6 is 0 Å². The molecule has 6 heteroatoms. The maximum Gasteiger partial charge on any atom is 0.147 e. The lowest BCUT2D eigenvalue weighted by Crippen LogP contribution is -2.19. The number of rotatable bonds is 2. The zero-order valence-electron chi connectivity index (χ0n) is 20.2. The van der Waals surface area contributed by atoms with Crippen LogP contribution in [0.15, 0.2) is 107 Å². The Morgan fingerprint density at radius 3 is 1.89 bits per heavy atom. The second-order valence-corrected chi connectivity index (χ2v) is 9.90. The molecule has 178 valence electrons.